The molecule has 2 aromatic heterocycles. The van der Waals surface area contributed by atoms with Crippen molar-refractivity contribution in [3.05, 3.63) is 91.4 Å². The standard InChI is InChI=1S/C30H28N6O/c1-35-15-17-36(18-16-35)29-8-4-7-27-26(29)19-22(20-32-27)33-30(37)34-28-10-9-23(21-11-13-31-14-12-21)24-5-2-3-6-25(24)28/h2-14,19-20H,15-18H2,1H3,(H2,33,34,37). The van der Waals surface area contributed by atoms with Gasteiger partial charge in [0.2, 0.25) is 0 Å². The van der Waals surface area contributed by atoms with Gasteiger partial charge in [0.1, 0.15) is 0 Å². The van der Waals surface area contributed by atoms with Crippen LogP contribution < -0.4 is 15.5 Å². The van der Waals surface area contributed by atoms with Gasteiger partial charge in [0.25, 0.3) is 0 Å². The molecule has 2 N–H and O–H groups in total. The van der Waals surface area contributed by atoms with E-state index in [-0.39, 0.29) is 6.03 Å². The number of urea groups is 1. The normalized spacial score (nSPS) is 14.1. The maximum atomic E-state index is 13.1. The molecule has 6 rings (SSSR count). The van der Waals surface area contributed by atoms with E-state index in [0.717, 1.165) is 70.4 Å². The fourth-order valence-corrected chi connectivity index (χ4v) is 5.00. The molecule has 3 heterocycles. The number of aromatic nitrogens is 2. The van der Waals surface area contributed by atoms with Gasteiger partial charge in [-0.05, 0) is 60.0 Å². The molecule has 0 radical (unpaired) electrons. The second-order valence-electron chi connectivity index (χ2n) is 9.38. The summed E-state index contributed by atoms with van der Waals surface area (Å²) in [7, 11) is 2.15. The molecular weight excluding hydrogens is 460 g/mol. The lowest BCUT2D eigenvalue weighted by atomic mass is 9.98. The van der Waals surface area contributed by atoms with Crippen molar-refractivity contribution >= 4 is 44.8 Å². The third-order valence-corrected chi connectivity index (χ3v) is 6.97. The minimum Gasteiger partial charge on any atom is -0.368 e. The van der Waals surface area contributed by atoms with Crippen molar-refractivity contribution in [2.24, 2.45) is 0 Å². The Morgan fingerprint density at radius 2 is 1.59 bits per heavy atom. The molecule has 3 aromatic carbocycles. The Labute approximate surface area is 215 Å². The number of carbonyl (C=O) groups is 1. The Morgan fingerprint density at radius 3 is 2.41 bits per heavy atom. The molecule has 0 atom stereocenters. The Kier molecular flexibility index (Phi) is 6.12. The molecule has 7 nitrogen and oxygen atoms in total. The average molecular weight is 489 g/mol. The number of pyridine rings is 2. The molecule has 0 aliphatic carbocycles. The topological polar surface area (TPSA) is 73.4 Å². The monoisotopic (exact) mass is 488 g/mol. The van der Waals surface area contributed by atoms with Crippen LogP contribution in [0.1, 0.15) is 0 Å². The van der Waals surface area contributed by atoms with Crippen molar-refractivity contribution in [2.45, 2.75) is 0 Å². The van der Waals surface area contributed by atoms with E-state index in [1.165, 1.54) is 0 Å². The maximum absolute atomic E-state index is 13.1. The molecule has 1 saturated heterocycles. The SMILES string of the molecule is CN1CCN(c2cccc3ncc(NC(=O)Nc4ccc(-c5ccncc5)c5ccccc45)cc23)CC1. The quantitative estimate of drug-likeness (QED) is 0.332. The van der Waals surface area contributed by atoms with Crippen LogP contribution in [0.5, 0.6) is 0 Å². The third kappa shape index (κ3) is 4.69. The zero-order chi connectivity index (χ0) is 25.2. The van der Waals surface area contributed by atoms with Gasteiger partial charge >= 0.3 is 6.03 Å². The van der Waals surface area contributed by atoms with E-state index in [1.807, 2.05) is 60.7 Å². The number of carbonyl (C=O) groups excluding carboxylic acids is 1. The number of anilines is 3. The summed E-state index contributed by atoms with van der Waals surface area (Å²) >= 11 is 0. The van der Waals surface area contributed by atoms with Crippen LogP contribution in [-0.4, -0.2) is 54.1 Å². The van der Waals surface area contributed by atoms with Gasteiger partial charge in [0.05, 0.1) is 23.1 Å². The molecule has 0 bridgehead atoms. The molecule has 5 aromatic rings. The van der Waals surface area contributed by atoms with Crippen molar-refractivity contribution in [2.75, 3.05) is 48.8 Å². The molecule has 1 aliphatic heterocycles. The maximum Gasteiger partial charge on any atom is 0.323 e. The second-order valence-corrected chi connectivity index (χ2v) is 9.38. The first-order chi connectivity index (χ1) is 18.2. The van der Waals surface area contributed by atoms with Crippen LogP contribution in [0.4, 0.5) is 21.9 Å². The van der Waals surface area contributed by atoms with Gasteiger partial charge < -0.3 is 20.4 Å². The second kappa shape index (κ2) is 9.87. The predicted molar refractivity (Wildman–Crippen MR) is 151 cm³/mol. The first-order valence-corrected chi connectivity index (χ1v) is 12.5. The molecule has 0 unspecified atom stereocenters. The van der Waals surface area contributed by atoms with Gasteiger partial charge in [0, 0.05) is 55.0 Å². The summed E-state index contributed by atoms with van der Waals surface area (Å²) in [6, 6.07) is 23.9. The van der Waals surface area contributed by atoms with Crippen molar-refractivity contribution in [1.29, 1.82) is 0 Å². The third-order valence-electron chi connectivity index (χ3n) is 6.97. The highest BCUT2D eigenvalue weighted by Crippen LogP contribution is 2.33. The number of nitrogens with zero attached hydrogens (tertiary/aromatic N) is 4. The number of piperazine rings is 1. The summed E-state index contributed by atoms with van der Waals surface area (Å²) in [5, 5.41) is 9.10. The summed E-state index contributed by atoms with van der Waals surface area (Å²) in [6.45, 7) is 3.99. The number of likely N-dealkylation sites (N-methyl/N-ethyl adjacent to an activating group) is 1. The van der Waals surface area contributed by atoms with Crippen LogP contribution in [0.15, 0.2) is 91.4 Å². The molecule has 1 aliphatic rings. The van der Waals surface area contributed by atoms with Gasteiger partial charge in [-0.25, -0.2) is 4.79 Å². The van der Waals surface area contributed by atoms with Crippen molar-refractivity contribution in [3.63, 3.8) is 0 Å². The van der Waals surface area contributed by atoms with E-state index < -0.39 is 0 Å². The van der Waals surface area contributed by atoms with Gasteiger partial charge in [0.15, 0.2) is 0 Å². The molecule has 37 heavy (non-hydrogen) atoms. The first kappa shape index (κ1) is 22.9. The van der Waals surface area contributed by atoms with Gasteiger partial charge in [-0.3, -0.25) is 9.97 Å². The first-order valence-electron chi connectivity index (χ1n) is 12.5. The Balaban J connectivity index is 1.26. The molecule has 7 heteroatoms. The Morgan fingerprint density at radius 1 is 0.811 bits per heavy atom. The number of fused-ring (bicyclic) bond motifs is 2. The van der Waals surface area contributed by atoms with Crippen LogP contribution in [-0.2, 0) is 0 Å². The van der Waals surface area contributed by atoms with Crippen LogP contribution in [0.25, 0.3) is 32.8 Å². The molecular formula is C30H28N6O. The van der Waals surface area contributed by atoms with Crippen LogP contribution in [0, 0.1) is 0 Å². The lowest BCUT2D eigenvalue weighted by Crippen LogP contribution is -2.44. The van der Waals surface area contributed by atoms with E-state index in [0.29, 0.717) is 5.69 Å². The van der Waals surface area contributed by atoms with E-state index in [1.54, 1.807) is 18.6 Å². The molecule has 2 amide bonds. The van der Waals surface area contributed by atoms with Crippen molar-refractivity contribution in [1.82, 2.24) is 14.9 Å². The highest BCUT2D eigenvalue weighted by Gasteiger charge is 2.17. The smallest absolute Gasteiger partial charge is 0.323 e. The number of rotatable bonds is 4. The lowest BCUT2D eigenvalue weighted by molar-refractivity contribution is 0.262. The lowest BCUT2D eigenvalue weighted by Gasteiger charge is -2.34. The number of amides is 2. The van der Waals surface area contributed by atoms with Gasteiger partial charge in [-0.2, -0.15) is 0 Å². The van der Waals surface area contributed by atoms with E-state index in [2.05, 4.69) is 49.6 Å². The molecule has 0 spiro atoms. The number of hydrogen-bond donors (Lipinski definition) is 2. The van der Waals surface area contributed by atoms with Crippen molar-refractivity contribution in [3.8, 4) is 11.1 Å². The highest BCUT2D eigenvalue weighted by atomic mass is 16.2. The fraction of sp³-hybridized carbons (Fsp3) is 0.167. The summed E-state index contributed by atoms with van der Waals surface area (Å²) in [6.07, 6.45) is 5.28. The minimum atomic E-state index is -0.306. The Hall–Kier alpha value is -4.49. The number of nitrogens with one attached hydrogen (secondary N) is 2. The van der Waals surface area contributed by atoms with Crippen LogP contribution in [0.3, 0.4) is 0 Å². The van der Waals surface area contributed by atoms with Crippen LogP contribution in [0.2, 0.25) is 0 Å². The zero-order valence-corrected chi connectivity index (χ0v) is 20.7. The van der Waals surface area contributed by atoms with Gasteiger partial charge in [-0.1, -0.05) is 36.4 Å². The van der Waals surface area contributed by atoms with E-state index >= 15 is 0 Å². The minimum absolute atomic E-state index is 0.306. The zero-order valence-electron chi connectivity index (χ0n) is 20.7. The van der Waals surface area contributed by atoms with Crippen LogP contribution >= 0.6 is 0 Å². The number of hydrogen-bond acceptors (Lipinski definition) is 5. The summed E-state index contributed by atoms with van der Waals surface area (Å²) in [5.74, 6) is 0. The largest absolute Gasteiger partial charge is 0.368 e. The fourth-order valence-electron chi connectivity index (χ4n) is 5.00. The molecule has 184 valence electrons. The summed E-state index contributed by atoms with van der Waals surface area (Å²) in [4.78, 5) is 26.5. The average Bonchev–Trinajstić information content (AvgIpc) is 2.94. The molecule has 0 saturated carbocycles. The summed E-state index contributed by atoms with van der Waals surface area (Å²) in [5.41, 5.74) is 5.65. The van der Waals surface area contributed by atoms with Gasteiger partial charge in [-0.15, -0.1) is 0 Å². The highest BCUT2D eigenvalue weighted by molar-refractivity contribution is 6.10. The predicted octanol–water partition coefficient (Wildman–Crippen LogP) is 5.85. The van der Waals surface area contributed by atoms with E-state index in [4.69, 9.17) is 0 Å². The number of benzene rings is 3. The molecule has 1 fully saturated rings. The summed E-state index contributed by atoms with van der Waals surface area (Å²) < 4.78 is 0. The Bertz CT molecular complexity index is 1580. The van der Waals surface area contributed by atoms with E-state index in [9.17, 15) is 4.79 Å². The van der Waals surface area contributed by atoms with Crippen molar-refractivity contribution < 1.29 is 4.79 Å².